The number of hydrogen-bond donors (Lipinski definition) is 1. The lowest BCUT2D eigenvalue weighted by molar-refractivity contribution is 0.0690. The maximum Gasteiger partial charge on any atom is 0.197 e. The summed E-state index contributed by atoms with van der Waals surface area (Å²) in [6, 6.07) is 12.7. The number of aromatic amines is 1. The first-order chi connectivity index (χ1) is 12.9. The Kier molecular flexibility index (Phi) is 5.10. The van der Waals surface area contributed by atoms with Crippen LogP contribution in [-0.2, 0) is 0 Å². The van der Waals surface area contributed by atoms with Crippen LogP contribution in [0.2, 0.25) is 0 Å². The van der Waals surface area contributed by atoms with Crippen molar-refractivity contribution in [2.75, 3.05) is 14.1 Å². The van der Waals surface area contributed by atoms with Crippen molar-refractivity contribution in [2.24, 2.45) is 0 Å². The van der Waals surface area contributed by atoms with Crippen LogP contribution in [0.5, 0.6) is 0 Å². The molecule has 0 saturated carbocycles. The van der Waals surface area contributed by atoms with Gasteiger partial charge in [0, 0.05) is 27.4 Å². The highest BCUT2D eigenvalue weighted by molar-refractivity contribution is 6.06. The number of nitrogens with one attached hydrogen (secondary N) is 1. The Morgan fingerprint density at radius 3 is 2.30 bits per heavy atom. The van der Waals surface area contributed by atoms with Crippen molar-refractivity contribution >= 4 is 27.6 Å². The van der Waals surface area contributed by atoms with E-state index < -0.39 is 5.54 Å². The molecule has 0 radical (unpaired) electrons. The second-order valence-corrected chi connectivity index (χ2v) is 7.00. The molecule has 4 heteroatoms. The van der Waals surface area contributed by atoms with Gasteiger partial charge in [0.2, 0.25) is 0 Å². The standard InChI is InChI=1S/C23H24N2O2/c1-5-13-23(14-6-2,25(3)4)22(27)16-11-12-20-18(15-16)21(26)17-9-7-8-10-19(17)24-20/h5-12,15H,1-2,13-14H2,3-4H3,(H,24,26). The number of rotatable bonds is 7. The van der Waals surface area contributed by atoms with Crippen LogP contribution in [0.15, 0.2) is 72.6 Å². The smallest absolute Gasteiger partial charge is 0.197 e. The molecule has 0 aliphatic rings. The number of likely N-dealkylation sites (N-methyl/N-ethyl adjacent to an activating group) is 1. The fourth-order valence-corrected chi connectivity index (χ4v) is 3.65. The molecular weight excluding hydrogens is 336 g/mol. The molecule has 0 spiro atoms. The lowest BCUT2D eigenvalue weighted by Crippen LogP contribution is -2.50. The molecule has 27 heavy (non-hydrogen) atoms. The summed E-state index contributed by atoms with van der Waals surface area (Å²) in [7, 11) is 3.76. The van der Waals surface area contributed by atoms with Crippen molar-refractivity contribution in [3.63, 3.8) is 0 Å². The largest absolute Gasteiger partial charge is 0.354 e. The molecule has 0 fully saturated rings. The lowest BCUT2D eigenvalue weighted by atomic mass is 9.81. The first kappa shape index (κ1) is 18.8. The number of carbonyl (C=O) groups excluding carboxylic acids is 1. The van der Waals surface area contributed by atoms with Crippen molar-refractivity contribution in [3.05, 3.63) is 83.6 Å². The summed E-state index contributed by atoms with van der Waals surface area (Å²) >= 11 is 0. The molecule has 0 aliphatic carbocycles. The molecule has 3 rings (SSSR count). The fourth-order valence-electron chi connectivity index (χ4n) is 3.65. The Morgan fingerprint density at radius 1 is 1.04 bits per heavy atom. The topological polar surface area (TPSA) is 53.2 Å². The molecule has 3 aromatic rings. The van der Waals surface area contributed by atoms with Gasteiger partial charge in [-0.3, -0.25) is 14.5 Å². The Morgan fingerprint density at radius 2 is 1.67 bits per heavy atom. The minimum absolute atomic E-state index is 0.0400. The molecule has 0 aliphatic heterocycles. The van der Waals surface area contributed by atoms with Gasteiger partial charge >= 0.3 is 0 Å². The quantitative estimate of drug-likeness (QED) is 0.388. The van der Waals surface area contributed by atoms with Gasteiger partial charge in [0.05, 0.1) is 5.54 Å². The summed E-state index contributed by atoms with van der Waals surface area (Å²) in [5, 5.41) is 1.13. The van der Waals surface area contributed by atoms with Crippen molar-refractivity contribution in [3.8, 4) is 0 Å². The van der Waals surface area contributed by atoms with Crippen LogP contribution in [-0.4, -0.2) is 35.3 Å². The number of fused-ring (bicyclic) bond motifs is 2. The maximum atomic E-state index is 13.5. The van der Waals surface area contributed by atoms with E-state index in [9.17, 15) is 9.59 Å². The Labute approximate surface area is 158 Å². The van der Waals surface area contributed by atoms with Gasteiger partial charge in [-0.1, -0.05) is 24.3 Å². The molecule has 2 aromatic carbocycles. The van der Waals surface area contributed by atoms with E-state index in [0.717, 1.165) is 11.0 Å². The Balaban J connectivity index is 2.21. The SMILES string of the molecule is C=CCC(CC=C)(C(=O)c1ccc2[nH]c3ccccc3c(=O)c2c1)N(C)C. The predicted molar refractivity (Wildman–Crippen MR) is 112 cm³/mol. The van der Waals surface area contributed by atoms with Gasteiger partial charge in [-0.05, 0) is 57.3 Å². The first-order valence-electron chi connectivity index (χ1n) is 8.93. The zero-order chi connectivity index (χ0) is 19.6. The van der Waals surface area contributed by atoms with E-state index in [1.807, 2.05) is 37.2 Å². The zero-order valence-electron chi connectivity index (χ0n) is 15.8. The summed E-state index contributed by atoms with van der Waals surface area (Å²) in [5.41, 5.74) is 1.19. The number of nitrogens with zero attached hydrogens (tertiary/aromatic N) is 1. The molecule has 0 amide bonds. The molecular formula is C23H24N2O2. The van der Waals surface area contributed by atoms with Gasteiger partial charge in [0.25, 0.3) is 0 Å². The third kappa shape index (κ3) is 3.13. The third-order valence-corrected chi connectivity index (χ3v) is 5.21. The lowest BCUT2D eigenvalue weighted by Gasteiger charge is -2.37. The molecule has 0 bridgehead atoms. The molecule has 0 unspecified atom stereocenters. The van der Waals surface area contributed by atoms with Crippen LogP contribution in [0.4, 0.5) is 0 Å². The number of H-pyrrole nitrogens is 1. The molecule has 138 valence electrons. The number of carbonyl (C=O) groups is 1. The van der Waals surface area contributed by atoms with Crippen LogP contribution in [0.1, 0.15) is 23.2 Å². The highest BCUT2D eigenvalue weighted by Gasteiger charge is 2.38. The summed E-state index contributed by atoms with van der Waals surface area (Å²) in [5.74, 6) is -0.0400. The van der Waals surface area contributed by atoms with Crippen LogP contribution < -0.4 is 5.43 Å². The van der Waals surface area contributed by atoms with Gasteiger partial charge < -0.3 is 4.98 Å². The van der Waals surface area contributed by atoms with Crippen molar-refractivity contribution < 1.29 is 4.79 Å². The third-order valence-electron chi connectivity index (χ3n) is 5.21. The molecule has 0 saturated heterocycles. The van der Waals surface area contributed by atoms with Gasteiger partial charge in [-0.2, -0.15) is 0 Å². The van der Waals surface area contributed by atoms with Crippen molar-refractivity contribution in [2.45, 2.75) is 18.4 Å². The highest BCUT2D eigenvalue weighted by Crippen LogP contribution is 2.29. The zero-order valence-corrected chi connectivity index (χ0v) is 15.8. The average Bonchev–Trinajstić information content (AvgIpc) is 2.67. The molecule has 1 heterocycles. The molecule has 1 N–H and O–H groups in total. The number of aromatic nitrogens is 1. The van der Waals surface area contributed by atoms with Crippen molar-refractivity contribution in [1.82, 2.24) is 9.88 Å². The molecule has 1 aromatic heterocycles. The summed E-state index contributed by atoms with van der Waals surface area (Å²) < 4.78 is 0. The van der Waals surface area contributed by atoms with E-state index in [1.165, 1.54) is 0 Å². The molecule has 0 atom stereocenters. The number of ketones is 1. The van der Waals surface area contributed by atoms with Crippen LogP contribution >= 0.6 is 0 Å². The van der Waals surface area contributed by atoms with Crippen LogP contribution in [0, 0.1) is 0 Å². The second-order valence-electron chi connectivity index (χ2n) is 7.00. The highest BCUT2D eigenvalue weighted by atomic mass is 16.1. The number of Topliss-reactive ketones (excluding diaryl/α,β-unsaturated/α-hetero) is 1. The maximum absolute atomic E-state index is 13.5. The Hall–Kier alpha value is -2.98. The van der Waals surface area contributed by atoms with Gasteiger partial charge in [0.15, 0.2) is 11.2 Å². The van der Waals surface area contributed by atoms with E-state index in [1.54, 1.807) is 36.4 Å². The molecule has 4 nitrogen and oxygen atoms in total. The van der Waals surface area contributed by atoms with Crippen LogP contribution in [0.3, 0.4) is 0 Å². The summed E-state index contributed by atoms with van der Waals surface area (Å²) in [4.78, 5) is 31.6. The van der Waals surface area contributed by atoms with Crippen molar-refractivity contribution in [1.29, 1.82) is 0 Å². The number of para-hydroxylation sites is 1. The van der Waals surface area contributed by atoms with E-state index >= 15 is 0 Å². The average molecular weight is 360 g/mol. The first-order valence-corrected chi connectivity index (χ1v) is 8.93. The summed E-state index contributed by atoms with van der Waals surface area (Å²) in [6.07, 6.45) is 4.50. The minimum Gasteiger partial charge on any atom is -0.354 e. The summed E-state index contributed by atoms with van der Waals surface area (Å²) in [6.45, 7) is 7.63. The van der Waals surface area contributed by atoms with Gasteiger partial charge in [-0.15, -0.1) is 13.2 Å². The predicted octanol–water partition coefficient (Wildman–Crippen LogP) is 4.32. The number of hydrogen-bond acceptors (Lipinski definition) is 3. The van der Waals surface area contributed by atoms with Gasteiger partial charge in [0.1, 0.15) is 0 Å². The van der Waals surface area contributed by atoms with Crippen LogP contribution in [0.25, 0.3) is 21.8 Å². The normalized spacial score (nSPS) is 11.8. The number of pyridine rings is 1. The monoisotopic (exact) mass is 360 g/mol. The number of benzene rings is 2. The minimum atomic E-state index is -0.763. The van der Waals surface area contributed by atoms with E-state index in [0.29, 0.717) is 29.2 Å². The van der Waals surface area contributed by atoms with E-state index in [2.05, 4.69) is 18.1 Å². The van der Waals surface area contributed by atoms with E-state index in [-0.39, 0.29) is 11.2 Å². The second kappa shape index (κ2) is 7.33. The fraction of sp³-hybridized carbons (Fsp3) is 0.217. The van der Waals surface area contributed by atoms with Gasteiger partial charge in [-0.25, -0.2) is 0 Å². The Bertz CT molecular complexity index is 1080. The van der Waals surface area contributed by atoms with E-state index in [4.69, 9.17) is 0 Å².